The Hall–Kier alpha value is -3.77. The molecule has 6 rings (SSSR count). The Bertz CT molecular complexity index is 1480. The van der Waals surface area contributed by atoms with Gasteiger partial charge in [-0.2, -0.15) is 5.26 Å². The predicted octanol–water partition coefficient (Wildman–Crippen LogP) is 4.16. The highest BCUT2D eigenvalue weighted by Crippen LogP contribution is 2.47. The van der Waals surface area contributed by atoms with Crippen molar-refractivity contribution < 1.29 is 9.59 Å². The quantitative estimate of drug-likeness (QED) is 0.512. The maximum Gasteiger partial charge on any atom is 0.273 e. The molecule has 1 aromatic carbocycles. The number of aryl methyl sites for hydroxylation is 1. The number of halogens is 1. The highest BCUT2D eigenvalue weighted by atomic mass is 35.5. The second-order valence-electron chi connectivity index (χ2n) is 10.7. The summed E-state index contributed by atoms with van der Waals surface area (Å²) in [6.45, 7) is 4.74. The van der Waals surface area contributed by atoms with Crippen molar-refractivity contribution in [3.05, 3.63) is 69.6 Å². The van der Waals surface area contributed by atoms with Gasteiger partial charge in [0.1, 0.15) is 5.82 Å². The van der Waals surface area contributed by atoms with Crippen LogP contribution in [0.2, 0.25) is 5.02 Å². The molecule has 2 amide bonds. The van der Waals surface area contributed by atoms with Crippen LogP contribution in [0.1, 0.15) is 77.3 Å². The van der Waals surface area contributed by atoms with Gasteiger partial charge in [0.2, 0.25) is 5.91 Å². The normalized spacial score (nSPS) is 24.7. The Morgan fingerprint density at radius 2 is 2.11 bits per heavy atom. The molecule has 1 aliphatic heterocycles. The van der Waals surface area contributed by atoms with Gasteiger partial charge in [-0.05, 0) is 92.3 Å². The highest BCUT2D eigenvalue weighted by molar-refractivity contribution is 6.30. The van der Waals surface area contributed by atoms with Gasteiger partial charge in [-0.25, -0.2) is 9.67 Å². The topological polar surface area (TPSA) is 117 Å². The number of pyridine rings is 1. The van der Waals surface area contributed by atoms with Crippen molar-refractivity contribution in [3.63, 3.8) is 0 Å². The van der Waals surface area contributed by atoms with Crippen molar-refractivity contribution in [2.24, 2.45) is 11.8 Å². The van der Waals surface area contributed by atoms with Gasteiger partial charge in [-0.15, -0.1) is 5.10 Å². The van der Waals surface area contributed by atoms with E-state index < -0.39 is 0 Å². The fraction of sp³-hybridized carbons (Fsp3) is 0.429. The summed E-state index contributed by atoms with van der Waals surface area (Å²) in [6, 6.07) is 9.33. The summed E-state index contributed by atoms with van der Waals surface area (Å²) < 4.78 is 1.66. The molecule has 3 fully saturated rings. The average Bonchev–Trinajstić information content (AvgIpc) is 3.23. The maximum absolute atomic E-state index is 13.0. The lowest BCUT2D eigenvalue weighted by molar-refractivity contribution is -0.118. The first kappa shape index (κ1) is 24.6. The number of nitriles is 1. The van der Waals surface area contributed by atoms with E-state index in [0.717, 1.165) is 48.9 Å². The minimum absolute atomic E-state index is 0.0149. The molecule has 38 heavy (non-hydrogen) atoms. The third kappa shape index (κ3) is 4.43. The molecule has 9 nitrogen and oxygen atoms in total. The molecule has 3 aliphatic rings. The molecule has 194 valence electrons. The van der Waals surface area contributed by atoms with E-state index in [1.54, 1.807) is 34.1 Å². The molecule has 2 saturated carbocycles. The fourth-order valence-electron chi connectivity index (χ4n) is 5.96. The number of carbonyl (C=O) groups is 2. The van der Waals surface area contributed by atoms with Crippen molar-refractivity contribution in [1.29, 1.82) is 5.26 Å². The first-order chi connectivity index (χ1) is 18.3. The van der Waals surface area contributed by atoms with Crippen LogP contribution >= 0.6 is 11.6 Å². The van der Waals surface area contributed by atoms with Gasteiger partial charge in [0, 0.05) is 29.7 Å². The summed E-state index contributed by atoms with van der Waals surface area (Å²) >= 11 is 6.17. The van der Waals surface area contributed by atoms with Gasteiger partial charge < -0.3 is 5.32 Å². The molecule has 0 spiro atoms. The number of piperidine rings is 1. The number of aromatic nitrogens is 4. The van der Waals surface area contributed by atoms with Gasteiger partial charge in [0.25, 0.3) is 5.91 Å². The number of nitrogens with one attached hydrogen (secondary N) is 1. The lowest BCUT2D eigenvalue weighted by Gasteiger charge is -2.20. The first-order valence-corrected chi connectivity index (χ1v) is 13.4. The Morgan fingerprint density at radius 3 is 2.84 bits per heavy atom. The number of fused-ring (bicyclic) bond motifs is 1. The number of benzene rings is 1. The zero-order chi connectivity index (χ0) is 26.6. The van der Waals surface area contributed by atoms with Crippen molar-refractivity contribution >= 4 is 29.2 Å². The lowest BCUT2D eigenvalue weighted by atomic mass is 9.93. The van der Waals surface area contributed by atoms with Crippen LogP contribution in [0.5, 0.6) is 0 Å². The van der Waals surface area contributed by atoms with E-state index in [-0.39, 0.29) is 41.4 Å². The summed E-state index contributed by atoms with van der Waals surface area (Å²) in [5.41, 5.74) is 3.79. The molecule has 0 radical (unpaired) electrons. The molecule has 0 bridgehead atoms. The van der Waals surface area contributed by atoms with E-state index in [9.17, 15) is 14.9 Å². The third-order valence-corrected chi connectivity index (χ3v) is 8.50. The van der Waals surface area contributed by atoms with Crippen molar-refractivity contribution in [2.45, 2.75) is 57.5 Å². The molecule has 1 saturated heterocycles. The second kappa shape index (κ2) is 9.52. The summed E-state index contributed by atoms with van der Waals surface area (Å²) in [6.07, 6.45) is 6.88. The molecule has 5 atom stereocenters. The Morgan fingerprint density at radius 1 is 1.26 bits per heavy atom. The molecule has 3 aromatic rings. The van der Waals surface area contributed by atoms with Gasteiger partial charge in [-0.1, -0.05) is 16.8 Å². The molecule has 2 aromatic heterocycles. The second-order valence-corrected chi connectivity index (χ2v) is 11.2. The summed E-state index contributed by atoms with van der Waals surface area (Å²) in [7, 11) is 0. The van der Waals surface area contributed by atoms with E-state index in [4.69, 9.17) is 11.6 Å². The number of nitrogens with zero attached hydrogens (tertiary/aromatic N) is 6. The van der Waals surface area contributed by atoms with Gasteiger partial charge in [0.05, 0.1) is 23.9 Å². The van der Waals surface area contributed by atoms with Crippen LogP contribution in [0.4, 0.5) is 5.82 Å². The van der Waals surface area contributed by atoms with E-state index in [2.05, 4.69) is 26.7 Å². The Labute approximate surface area is 225 Å². The van der Waals surface area contributed by atoms with Gasteiger partial charge >= 0.3 is 0 Å². The molecular weight excluding hydrogens is 502 g/mol. The number of rotatable bonds is 6. The smallest absolute Gasteiger partial charge is 0.273 e. The van der Waals surface area contributed by atoms with Crippen LogP contribution in [0.15, 0.2) is 36.7 Å². The molecular formula is C28H28ClN7O2. The minimum atomic E-state index is -0.267. The number of carbonyl (C=O) groups excluding carboxylic acids is 2. The first-order valence-electron chi connectivity index (χ1n) is 13.0. The average molecular weight is 530 g/mol. The monoisotopic (exact) mass is 529 g/mol. The van der Waals surface area contributed by atoms with Crippen LogP contribution < -0.4 is 10.2 Å². The predicted molar refractivity (Wildman–Crippen MR) is 141 cm³/mol. The number of amides is 2. The SMILES string of the molecule is Cc1cc(N2C[C@H]3C[C@H]3C2=O)ncc1[C@@H](C)n1cc(C(=O)N[C@@H]2CC[C@H](c3cc(Cl)ccc3C#N)C2)nn1. The molecule has 3 heterocycles. The van der Waals surface area contributed by atoms with E-state index in [1.807, 2.05) is 26.0 Å². The summed E-state index contributed by atoms with van der Waals surface area (Å²) in [4.78, 5) is 31.8. The van der Waals surface area contributed by atoms with Crippen LogP contribution in [-0.4, -0.2) is 44.4 Å². The summed E-state index contributed by atoms with van der Waals surface area (Å²) in [5.74, 6) is 1.47. The molecule has 2 aliphatic carbocycles. The van der Waals surface area contributed by atoms with Crippen LogP contribution in [-0.2, 0) is 4.79 Å². The molecule has 10 heteroatoms. The van der Waals surface area contributed by atoms with E-state index >= 15 is 0 Å². The Kier molecular flexibility index (Phi) is 6.15. The van der Waals surface area contributed by atoms with Gasteiger partial charge in [-0.3, -0.25) is 14.5 Å². The fourth-order valence-corrected chi connectivity index (χ4v) is 6.14. The van der Waals surface area contributed by atoms with Crippen molar-refractivity contribution in [2.75, 3.05) is 11.4 Å². The number of hydrogen-bond donors (Lipinski definition) is 1. The molecule has 1 N–H and O–H groups in total. The standard InChI is InChI=1S/C28H28ClN7O2/c1-15-7-26(35-13-19-9-23(19)28(35)38)31-12-24(15)16(2)36-14-25(33-34-36)27(37)32-21-6-4-17(8-21)22-10-20(29)5-3-18(22)11-30/h3,5,7,10,12,14,16-17,19,21,23H,4,6,8-9,13H2,1-2H3,(H,32,37)/t16-,17+,19-,21-,23-/m1/s1. The number of hydrogen-bond acceptors (Lipinski definition) is 6. The zero-order valence-corrected chi connectivity index (χ0v) is 22.0. The van der Waals surface area contributed by atoms with Crippen molar-refractivity contribution in [1.82, 2.24) is 25.3 Å². The zero-order valence-electron chi connectivity index (χ0n) is 21.3. The highest BCUT2D eigenvalue weighted by Gasteiger charge is 2.52. The number of anilines is 1. The third-order valence-electron chi connectivity index (χ3n) is 8.27. The van der Waals surface area contributed by atoms with Crippen LogP contribution in [0.3, 0.4) is 0 Å². The summed E-state index contributed by atoms with van der Waals surface area (Å²) in [5, 5.41) is 21.5. The maximum atomic E-state index is 13.0. The van der Waals surface area contributed by atoms with Crippen molar-refractivity contribution in [3.8, 4) is 6.07 Å². The van der Waals surface area contributed by atoms with Crippen LogP contribution in [0.25, 0.3) is 0 Å². The van der Waals surface area contributed by atoms with Crippen LogP contribution in [0, 0.1) is 30.1 Å². The van der Waals surface area contributed by atoms with E-state index in [0.29, 0.717) is 22.3 Å². The lowest BCUT2D eigenvalue weighted by Crippen LogP contribution is -2.33. The Balaban J connectivity index is 1.10. The van der Waals surface area contributed by atoms with Gasteiger partial charge in [0.15, 0.2) is 5.69 Å². The molecule has 0 unspecified atom stereocenters. The minimum Gasteiger partial charge on any atom is -0.348 e. The van der Waals surface area contributed by atoms with E-state index in [1.165, 1.54) is 0 Å². The largest absolute Gasteiger partial charge is 0.348 e.